The zero-order valence-corrected chi connectivity index (χ0v) is 10.5. The van der Waals surface area contributed by atoms with Gasteiger partial charge in [-0.1, -0.05) is 0 Å². The van der Waals surface area contributed by atoms with Gasteiger partial charge >= 0.3 is 0 Å². The standard InChI is InChI=1S/C11H17N5O2/c1-12-10(17)9-7-13-5-6-16(9)11(18)8-3-4-14-15(8)2/h3-4,9,13H,5-7H2,1-2H3,(H,12,17). The molecule has 1 atom stereocenters. The molecular formula is C11H17N5O2. The lowest BCUT2D eigenvalue weighted by Gasteiger charge is -2.34. The lowest BCUT2D eigenvalue weighted by Crippen LogP contribution is -2.59. The first-order valence-corrected chi connectivity index (χ1v) is 5.86. The zero-order chi connectivity index (χ0) is 13.1. The maximum Gasteiger partial charge on any atom is 0.272 e. The summed E-state index contributed by atoms with van der Waals surface area (Å²) in [5, 5.41) is 9.68. The molecule has 1 unspecified atom stereocenters. The van der Waals surface area contributed by atoms with Gasteiger partial charge in [0.2, 0.25) is 5.91 Å². The van der Waals surface area contributed by atoms with Gasteiger partial charge < -0.3 is 15.5 Å². The third-order valence-electron chi connectivity index (χ3n) is 3.09. The van der Waals surface area contributed by atoms with Crippen molar-refractivity contribution in [3.05, 3.63) is 18.0 Å². The summed E-state index contributed by atoms with van der Waals surface area (Å²) in [6, 6.07) is 1.19. The molecule has 7 nitrogen and oxygen atoms in total. The van der Waals surface area contributed by atoms with Gasteiger partial charge in [-0.2, -0.15) is 5.10 Å². The van der Waals surface area contributed by atoms with Gasteiger partial charge in [-0.25, -0.2) is 0 Å². The van der Waals surface area contributed by atoms with Gasteiger partial charge in [0.15, 0.2) is 0 Å². The van der Waals surface area contributed by atoms with E-state index < -0.39 is 6.04 Å². The number of aromatic nitrogens is 2. The minimum Gasteiger partial charge on any atom is -0.357 e. The van der Waals surface area contributed by atoms with E-state index >= 15 is 0 Å². The zero-order valence-electron chi connectivity index (χ0n) is 10.5. The highest BCUT2D eigenvalue weighted by atomic mass is 16.2. The molecule has 1 aliphatic heterocycles. The highest BCUT2D eigenvalue weighted by molar-refractivity contribution is 5.96. The van der Waals surface area contributed by atoms with Crippen LogP contribution < -0.4 is 10.6 Å². The average molecular weight is 251 g/mol. The predicted octanol–water partition coefficient (Wildman–Crippen LogP) is -1.42. The maximum atomic E-state index is 12.4. The van der Waals surface area contributed by atoms with Crippen molar-refractivity contribution in [3.63, 3.8) is 0 Å². The Bertz CT molecular complexity index is 456. The van der Waals surface area contributed by atoms with E-state index in [1.54, 1.807) is 31.3 Å². The molecule has 1 aromatic heterocycles. The Labute approximate surface area is 105 Å². The molecule has 0 bridgehead atoms. The Morgan fingerprint density at radius 1 is 1.56 bits per heavy atom. The van der Waals surface area contributed by atoms with Gasteiger partial charge in [-0.3, -0.25) is 14.3 Å². The molecule has 7 heteroatoms. The molecule has 1 aromatic rings. The molecule has 1 aliphatic rings. The van der Waals surface area contributed by atoms with Gasteiger partial charge in [-0.05, 0) is 6.07 Å². The molecule has 0 aromatic carbocycles. The highest BCUT2D eigenvalue weighted by Crippen LogP contribution is 2.10. The molecule has 0 saturated carbocycles. The first-order chi connectivity index (χ1) is 8.65. The first kappa shape index (κ1) is 12.6. The van der Waals surface area contributed by atoms with Crippen LogP contribution in [0.1, 0.15) is 10.5 Å². The van der Waals surface area contributed by atoms with Crippen LogP contribution >= 0.6 is 0 Å². The van der Waals surface area contributed by atoms with Gasteiger partial charge in [0.25, 0.3) is 5.91 Å². The number of aryl methyl sites for hydroxylation is 1. The number of hydrogen-bond donors (Lipinski definition) is 2. The number of likely N-dealkylation sites (N-methyl/N-ethyl adjacent to an activating group) is 1. The monoisotopic (exact) mass is 251 g/mol. The fraction of sp³-hybridized carbons (Fsp3) is 0.545. The highest BCUT2D eigenvalue weighted by Gasteiger charge is 2.32. The molecule has 2 N–H and O–H groups in total. The number of rotatable bonds is 2. The number of nitrogens with zero attached hydrogens (tertiary/aromatic N) is 3. The first-order valence-electron chi connectivity index (χ1n) is 5.86. The number of nitrogens with one attached hydrogen (secondary N) is 2. The third-order valence-corrected chi connectivity index (χ3v) is 3.09. The van der Waals surface area contributed by atoms with E-state index in [0.717, 1.165) is 0 Å². The van der Waals surface area contributed by atoms with Crippen LogP contribution in [0.3, 0.4) is 0 Å². The fourth-order valence-electron chi connectivity index (χ4n) is 2.08. The number of hydrogen-bond acceptors (Lipinski definition) is 4. The van der Waals surface area contributed by atoms with E-state index in [-0.39, 0.29) is 11.8 Å². The number of carbonyl (C=O) groups is 2. The normalized spacial score (nSPS) is 19.7. The van der Waals surface area contributed by atoms with Gasteiger partial charge in [0.1, 0.15) is 11.7 Å². The Kier molecular flexibility index (Phi) is 3.61. The smallest absolute Gasteiger partial charge is 0.272 e. The van der Waals surface area contributed by atoms with Crippen LogP contribution in [0.25, 0.3) is 0 Å². The van der Waals surface area contributed by atoms with Crippen molar-refractivity contribution >= 4 is 11.8 Å². The van der Waals surface area contributed by atoms with Crippen LogP contribution in [0.4, 0.5) is 0 Å². The predicted molar refractivity (Wildman–Crippen MR) is 65.0 cm³/mol. The van der Waals surface area contributed by atoms with Crippen molar-refractivity contribution in [1.29, 1.82) is 0 Å². The molecule has 0 radical (unpaired) electrons. The van der Waals surface area contributed by atoms with Crippen molar-refractivity contribution < 1.29 is 9.59 Å². The maximum absolute atomic E-state index is 12.4. The van der Waals surface area contributed by atoms with Crippen LogP contribution in [-0.2, 0) is 11.8 Å². The molecule has 18 heavy (non-hydrogen) atoms. The fourth-order valence-corrected chi connectivity index (χ4v) is 2.08. The topological polar surface area (TPSA) is 79.3 Å². The van der Waals surface area contributed by atoms with Crippen LogP contribution in [0.15, 0.2) is 12.3 Å². The number of carbonyl (C=O) groups excluding carboxylic acids is 2. The molecule has 2 rings (SSSR count). The van der Waals surface area contributed by atoms with Crippen LogP contribution in [0.5, 0.6) is 0 Å². The van der Waals surface area contributed by atoms with Gasteiger partial charge in [0, 0.05) is 39.9 Å². The van der Waals surface area contributed by atoms with E-state index in [1.807, 2.05) is 0 Å². The van der Waals surface area contributed by atoms with Crippen LogP contribution in [0.2, 0.25) is 0 Å². The van der Waals surface area contributed by atoms with E-state index in [1.165, 1.54) is 4.68 Å². The Hall–Kier alpha value is -1.89. The molecule has 0 spiro atoms. The second-order valence-electron chi connectivity index (χ2n) is 4.17. The second kappa shape index (κ2) is 5.18. The van der Waals surface area contributed by atoms with E-state index in [9.17, 15) is 9.59 Å². The Morgan fingerprint density at radius 3 is 2.94 bits per heavy atom. The van der Waals surface area contributed by atoms with Crippen molar-refractivity contribution in [2.75, 3.05) is 26.7 Å². The molecule has 2 heterocycles. The summed E-state index contributed by atoms with van der Waals surface area (Å²) in [5.41, 5.74) is 0.491. The molecule has 1 fully saturated rings. The molecule has 0 aliphatic carbocycles. The summed E-state index contributed by atoms with van der Waals surface area (Å²) in [4.78, 5) is 25.7. The van der Waals surface area contributed by atoms with Crippen LogP contribution in [-0.4, -0.2) is 59.2 Å². The minimum atomic E-state index is -0.467. The molecule has 1 saturated heterocycles. The summed E-state index contributed by atoms with van der Waals surface area (Å²) in [7, 11) is 3.29. The summed E-state index contributed by atoms with van der Waals surface area (Å²) >= 11 is 0. The van der Waals surface area contributed by atoms with Gasteiger partial charge in [0.05, 0.1) is 0 Å². The molecule has 2 amide bonds. The van der Waals surface area contributed by atoms with E-state index in [2.05, 4.69) is 15.7 Å². The number of amides is 2. The Balaban J connectivity index is 2.21. The summed E-state index contributed by atoms with van der Waals surface area (Å²) in [5.74, 6) is -0.317. The largest absolute Gasteiger partial charge is 0.357 e. The van der Waals surface area contributed by atoms with Gasteiger partial charge in [-0.15, -0.1) is 0 Å². The third kappa shape index (κ3) is 2.21. The number of piperazine rings is 1. The average Bonchev–Trinajstić information content (AvgIpc) is 2.83. The minimum absolute atomic E-state index is 0.155. The SMILES string of the molecule is CNC(=O)C1CNCCN1C(=O)c1ccnn1C. The Morgan fingerprint density at radius 2 is 2.33 bits per heavy atom. The lowest BCUT2D eigenvalue weighted by molar-refractivity contribution is -0.125. The summed E-state index contributed by atoms with van der Waals surface area (Å²) in [6.07, 6.45) is 1.57. The van der Waals surface area contributed by atoms with Crippen molar-refractivity contribution in [3.8, 4) is 0 Å². The summed E-state index contributed by atoms with van der Waals surface area (Å²) in [6.45, 7) is 1.68. The summed E-state index contributed by atoms with van der Waals surface area (Å²) < 4.78 is 1.52. The van der Waals surface area contributed by atoms with Crippen molar-refractivity contribution in [1.82, 2.24) is 25.3 Å². The lowest BCUT2D eigenvalue weighted by atomic mass is 10.1. The second-order valence-corrected chi connectivity index (χ2v) is 4.17. The van der Waals surface area contributed by atoms with Crippen LogP contribution in [0, 0.1) is 0 Å². The van der Waals surface area contributed by atoms with E-state index in [4.69, 9.17) is 0 Å². The quantitative estimate of drug-likeness (QED) is 0.676. The van der Waals surface area contributed by atoms with Crippen molar-refractivity contribution in [2.24, 2.45) is 7.05 Å². The van der Waals surface area contributed by atoms with E-state index in [0.29, 0.717) is 25.3 Å². The molecular weight excluding hydrogens is 234 g/mol. The van der Waals surface area contributed by atoms with Crippen molar-refractivity contribution in [2.45, 2.75) is 6.04 Å². The molecule has 98 valence electrons.